The fourth-order valence-electron chi connectivity index (χ4n) is 2.24. The number of piperidine rings is 1. The molecular formula is C13H18ClNO. The molecule has 2 atom stereocenters. The molecule has 0 aromatic heterocycles. The van der Waals surface area contributed by atoms with Gasteiger partial charge in [0.25, 0.3) is 0 Å². The minimum atomic E-state index is -0.333. The van der Waals surface area contributed by atoms with Gasteiger partial charge < -0.3 is 10.4 Å². The summed E-state index contributed by atoms with van der Waals surface area (Å²) in [7, 11) is 0. The molecule has 2 unspecified atom stereocenters. The van der Waals surface area contributed by atoms with Gasteiger partial charge in [0, 0.05) is 17.5 Å². The lowest BCUT2D eigenvalue weighted by molar-refractivity contribution is 0.113. The third-order valence-corrected chi connectivity index (χ3v) is 3.57. The molecule has 1 saturated heterocycles. The van der Waals surface area contributed by atoms with Crippen molar-refractivity contribution in [1.29, 1.82) is 0 Å². The van der Waals surface area contributed by atoms with Gasteiger partial charge in [-0.3, -0.25) is 0 Å². The molecule has 0 aliphatic carbocycles. The van der Waals surface area contributed by atoms with E-state index in [1.54, 1.807) is 0 Å². The van der Waals surface area contributed by atoms with Crippen LogP contribution >= 0.6 is 11.6 Å². The van der Waals surface area contributed by atoms with E-state index >= 15 is 0 Å². The average Bonchev–Trinajstić information content (AvgIpc) is 2.33. The van der Waals surface area contributed by atoms with Gasteiger partial charge in [-0.05, 0) is 31.0 Å². The molecule has 88 valence electrons. The van der Waals surface area contributed by atoms with E-state index in [-0.39, 0.29) is 12.1 Å². The van der Waals surface area contributed by atoms with Crippen molar-refractivity contribution in [3.63, 3.8) is 0 Å². The summed E-state index contributed by atoms with van der Waals surface area (Å²) in [6.07, 6.45) is 3.79. The van der Waals surface area contributed by atoms with Gasteiger partial charge in [0.2, 0.25) is 0 Å². The van der Waals surface area contributed by atoms with Crippen LogP contribution in [0.15, 0.2) is 24.3 Å². The van der Waals surface area contributed by atoms with Crippen LogP contribution in [0.5, 0.6) is 0 Å². The first-order chi connectivity index (χ1) is 7.77. The van der Waals surface area contributed by atoms with Crippen molar-refractivity contribution < 1.29 is 5.11 Å². The average molecular weight is 240 g/mol. The van der Waals surface area contributed by atoms with Crippen molar-refractivity contribution in [2.45, 2.75) is 37.8 Å². The van der Waals surface area contributed by atoms with Gasteiger partial charge in [0.05, 0.1) is 6.10 Å². The van der Waals surface area contributed by atoms with Crippen molar-refractivity contribution in [1.82, 2.24) is 5.32 Å². The van der Waals surface area contributed by atoms with Crippen molar-refractivity contribution in [2.24, 2.45) is 0 Å². The van der Waals surface area contributed by atoms with Crippen LogP contribution < -0.4 is 5.32 Å². The topological polar surface area (TPSA) is 32.3 Å². The number of benzene rings is 1. The zero-order chi connectivity index (χ0) is 11.4. The Morgan fingerprint density at radius 1 is 1.38 bits per heavy atom. The highest BCUT2D eigenvalue weighted by Crippen LogP contribution is 2.19. The maximum absolute atomic E-state index is 10.1. The number of hydrogen-bond acceptors (Lipinski definition) is 2. The van der Waals surface area contributed by atoms with Crippen LogP contribution in [-0.4, -0.2) is 23.8 Å². The molecule has 0 spiro atoms. The molecular weight excluding hydrogens is 222 g/mol. The molecule has 0 radical (unpaired) electrons. The summed E-state index contributed by atoms with van der Waals surface area (Å²) < 4.78 is 0. The Balaban J connectivity index is 1.96. The second-order valence-electron chi connectivity index (χ2n) is 4.42. The largest absolute Gasteiger partial charge is 0.391 e. The Labute approximate surface area is 102 Å². The lowest BCUT2D eigenvalue weighted by atomic mass is 9.95. The van der Waals surface area contributed by atoms with Crippen LogP contribution in [0.25, 0.3) is 0 Å². The molecule has 0 saturated carbocycles. The number of aliphatic hydroxyl groups is 1. The molecule has 2 rings (SSSR count). The molecule has 2 N–H and O–H groups in total. The van der Waals surface area contributed by atoms with Crippen LogP contribution in [0.3, 0.4) is 0 Å². The van der Waals surface area contributed by atoms with Gasteiger partial charge in [0.15, 0.2) is 0 Å². The summed E-state index contributed by atoms with van der Waals surface area (Å²) in [5, 5.41) is 14.2. The highest BCUT2D eigenvalue weighted by molar-refractivity contribution is 6.31. The Kier molecular flexibility index (Phi) is 4.22. The molecule has 0 bridgehead atoms. The zero-order valence-electron chi connectivity index (χ0n) is 9.32. The van der Waals surface area contributed by atoms with Crippen LogP contribution in [0, 0.1) is 0 Å². The number of hydrogen-bond donors (Lipinski definition) is 2. The third-order valence-electron chi connectivity index (χ3n) is 3.20. The molecule has 1 aliphatic heterocycles. The summed E-state index contributed by atoms with van der Waals surface area (Å²) in [6.45, 7) is 1.02. The SMILES string of the molecule is OC(Cc1ccccc1Cl)C1CCCCN1. The molecule has 0 amide bonds. The van der Waals surface area contributed by atoms with E-state index in [0.717, 1.165) is 23.6 Å². The van der Waals surface area contributed by atoms with Crippen molar-refractivity contribution >= 4 is 11.6 Å². The first kappa shape index (κ1) is 11.9. The standard InChI is InChI=1S/C13H18ClNO/c14-11-6-2-1-5-10(11)9-13(16)12-7-3-4-8-15-12/h1-2,5-6,12-13,15-16H,3-4,7-9H2. The van der Waals surface area contributed by atoms with E-state index in [1.807, 2.05) is 24.3 Å². The number of rotatable bonds is 3. The van der Waals surface area contributed by atoms with Gasteiger partial charge in [0.1, 0.15) is 0 Å². The quantitative estimate of drug-likeness (QED) is 0.849. The predicted molar refractivity (Wildman–Crippen MR) is 66.8 cm³/mol. The summed E-state index contributed by atoms with van der Waals surface area (Å²) in [5.74, 6) is 0. The predicted octanol–water partition coefficient (Wildman–Crippen LogP) is 2.39. The van der Waals surface area contributed by atoms with Crippen molar-refractivity contribution in [2.75, 3.05) is 6.54 Å². The molecule has 1 aliphatic rings. The highest BCUT2D eigenvalue weighted by atomic mass is 35.5. The second-order valence-corrected chi connectivity index (χ2v) is 4.83. The van der Waals surface area contributed by atoms with E-state index in [9.17, 15) is 5.11 Å². The third kappa shape index (κ3) is 2.97. The van der Waals surface area contributed by atoms with E-state index < -0.39 is 0 Å². The van der Waals surface area contributed by atoms with Crippen LogP contribution in [0.2, 0.25) is 5.02 Å². The van der Waals surface area contributed by atoms with Gasteiger partial charge in [-0.2, -0.15) is 0 Å². The Hall–Kier alpha value is -0.570. The maximum Gasteiger partial charge on any atom is 0.0733 e. The fraction of sp³-hybridized carbons (Fsp3) is 0.538. The molecule has 3 heteroatoms. The first-order valence-corrected chi connectivity index (χ1v) is 6.30. The molecule has 16 heavy (non-hydrogen) atoms. The van der Waals surface area contributed by atoms with Crippen LogP contribution in [-0.2, 0) is 6.42 Å². The zero-order valence-corrected chi connectivity index (χ0v) is 10.1. The van der Waals surface area contributed by atoms with Gasteiger partial charge in [-0.1, -0.05) is 36.2 Å². The molecule has 1 heterocycles. The van der Waals surface area contributed by atoms with E-state index in [0.29, 0.717) is 6.42 Å². The fourth-order valence-corrected chi connectivity index (χ4v) is 2.45. The Morgan fingerprint density at radius 2 is 2.19 bits per heavy atom. The summed E-state index contributed by atoms with van der Waals surface area (Å²) in [5.41, 5.74) is 1.03. The first-order valence-electron chi connectivity index (χ1n) is 5.92. The molecule has 2 nitrogen and oxygen atoms in total. The molecule has 1 aromatic rings. The van der Waals surface area contributed by atoms with Gasteiger partial charge in [-0.15, -0.1) is 0 Å². The summed E-state index contributed by atoms with van der Waals surface area (Å²) >= 11 is 6.08. The smallest absolute Gasteiger partial charge is 0.0733 e. The highest BCUT2D eigenvalue weighted by Gasteiger charge is 2.21. The lowest BCUT2D eigenvalue weighted by Gasteiger charge is -2.28. The van der Waals surface area contributed by atoms with Crippen LogP contribution in [0.1, 0.15) is 24.8 Å². The minimum Gasteiger partial charge on any atom is -0.391 e. The molecule has 1 aromatic carbocycles. The number of aliphatic hydroxyl groups excluding tert-OH is 1. The van der Waals surface area contributed by atoms with Crippen molar-refractivity contribution in [3.05, 3.63) is 34.9 Å². The lowest BCUT2D eigenvalue weighted by Crippen LogP contribution is -2.44. The van der Waals surface area contributed by atoms with Crippen LogP contribution in [0.4, 0.5) is 0 Å². The minimum absolute atomic E-state index is 0.227. The monoisotopic (exact) mass is 239 g/mol. The van der Waals surface area contributed by atoms with E-state index in [4.69, 9.17) is 11.6 Å². The summed E-state index contributed by atoms with van der Waals surface area (Å²) in [6, 6.07) is 7.95. The number of nitrogens with one attached hydrogen (secondary N) is 1. The van der Waals surface area contributed by atoms with E-state index in [1.165, 1.54) is 12.8 Å². The maximum atomic E-state index is 10.1. The van der Waals surface area contributed by atoms with E-state index in [2.05, 4.69) is 5.32 Å². The molecule has 1 fully saturated rings. The Morgan fingerprint density at radius 3 is 2.88 bits per heavy atom. The normalized spacial score (nSPS) is 23.0. The van der Waals surface area contributed by atoms with Gasteiger partial charge >= 0.3 is 0 Å². The van der Waals surface area contributed by atoms with Gasteiger partial charge in [-0.25, -0.2) is 0 Å². The Bertz CT molecular complexity index is 336. The summed E-state index contributed by atoms with van der Waals surface area (Å²) in [4.78, 5) is 0. The van der Waals surface area contributed by atoms with Crippen molar-refractivity contribution in [3.8, 4) is 0 Å². The number of halogens is 1. The second kappa shape index (κ2) is 5.67.